The van der Waals surface area contributed by atoms with Crippen molar-refractivity contribution in [3.63, 3.8) is 0 Å². The predicted molar refractivity (Wildman–Crippen MR) is 163 cm³/mol. The number of carbonyl (C=O) groups is 1. The molecule has 41 heavy (non-hydrogen) atoms. The third-order valence-corrected chi connectivity index (χ3v) is 8.27. The second kappa shape index (κ2) is 17.6. The third kappa shape index (κ3) is 11.8. The van der Waals surface area contributed by atoms with Crippen molar-refractivity contribution in [2.24, 2.45) is 11.7 Å². The zero-order chi connectivity index (χ0) is 29.5. The van der Waals surface area contributed by atoms with Crippen LogP contribution in [0.1, 0.15) is 76.7 Å². The monoisotopic (exact) mass is 591 g/mol. The largest absolute Gasteiger partial charge is 0.494 e. The summed E-state index contributed by atoms with van der Waals surface area (Å²) in [4.78, 5) is 14.8. The summed E-state index contributed by atoms with van der Waals surface area (Å²) in [6, 6.07) is 14.1. The number of nitrogens with zero attached hydrogens (tertiary/aromatic N) is 1. The van der Waals surface area contributed by atoms with E-state index in [0.717, 1.165) is 31.1 Å². The molecule has 1 amide bonds. The molecule has 0 spiro atoms. The number of halogens is 2. The number of alkyl halides is 2. The van der Waals surface area contributed by atoms with Crippen molar-refractivity contribution >= 4 is 17.9 Å². The Balaban J connectivity index is 0.000000239. The summed E-state index contributed by atoms with van der Waals surface area (Å²) in [6.07, 6.45) is 9.32. The van der Waals surface area contributed by atoms with Crippen LogP contribution in [-0.2, 0) is 10.7 Å². The highest BCUT2D eigenvalue weighted by Gasteiger charge is 2.36. The van der Waals surface area contributed by atoms with Crippen LogP contribution in [0.5, 0.6) is 11.5 Å². The molecule has 1 heterocycles. The number of nitrogens with one attached hydrogen (secondary N) is 1. The van der Waals surface area contributed by atoms with E-state index in [9.17, 15) is 13.6 Å². The highest BCUT2D eigenvalue weighted by Crippen LogP contribution is 2.34. The lowest BCUT2D eigenvalue weighted by Gasteiger charge is -2.31. The molecule has 2 aliphatic rings. The lowest BCUT2D eigenvalue weighted by Crippen LogP contribution is -2.44. The van der Waals surface area contributed by atoms with E-state index in [1.807, 2.05) is 7.05 Å². The molecule has 1 aliphatic heterocycles. The van der Waals surface area contributed by atoms with Crippen molar-refractivity contribution in [1.29, 1.82) is 0 Å². The summed E-state index contributed by atoms with van der Waals surface area (Å²) >= 11 is 1.62. The Kier molecular flexibility index (Phi) is 14.2. The van der Waals surface area contributed by atoms with Crippen LogP contribution < -0.4 is 19.9 Å². The van der Waals surface area contributed by atoms with Gasteiger partial charge in [0.25, 0.3) is 5.92 Å². The van der Waals surface area contributed by atoms with Crippen molar-refractivity contribution in [2.45, 2.75) is 88.0 Å². The van der Waals surface area contributed by atoms with E-state index in [4.69, 9.17) is 15.2 Å². The first kappa shape index (κ1) is 33.1. The summed E-state index contributed by atoms with van der Waals surface area (Å²) < 4.78 is 43.1. The van der Waals surface area contributed by atoms with E-state index in [-0.39, 0.29) is 11.6 Å². The Labute approximate surface area is 248 Å². The predicted octanol–water partition coefficient (Wildman–Crippen LogP) is 7.17. The zero-order valence-corrected chi connectivity index (χ0v) is 25.4. The van der Waals surface area contributed by atoms with Crippen LogP contribution in [0.2, 0.25) is 0 Å². The number of ether oxygens (including phenoxy) is 2. The van der Waals surface area contributed by atoms with Crippen LogP contribution in [0.3, 0.4) is 0 Å². The molecule has 1 saturated heterocycles. The average Bonchev–Trinajstić information content (AvgIpc) is 2.98. The number of rotatable bonds is 12. The van der Waals surface area contributed by atoms with Gasteiger partial charge in [-0.05, 0) is 106 Å². The zero-order valence-electron chi connectivity index (χ0n) is 24.6. The summed E-state index contributed by atoms with van der Waals surface area (Å²) in [5.41, 5.74) is 5.62. The summed E-state index contributed by atoms with van der Waals surface area (Å²) in [7, 11) is 1.93. The van der Waals surface area contributed by atoms with Crippen molar-refractivity contribution < 1.29 is 23.0 Å². The average molecular weight is 592 g/mol. The lowest BCUT2D eigenvalue weighted by atomic mass is 9.90. The van der Waals surface area contributed by atoms with E-state index in [1.165, 1.54) is 66.2 Å². The molecular formula is C32H47F2N3O3S. The molecule has 9 heteroatoms. The van der Waals surface area contributed by atoms with Crippen molar-refractivity contribution in [3.05, 3.63) is 54.1 Å². The highest BCUT2D eigenvalue weighted by atomic mass is 32.2. The molecule has 0 aromatic heterocycles. The van der Waals surface area contributed by atoms with Gasteiger partial charge in [-0.1, -0.05) is 32.6 Å². The Bertz CT molecular complexity index is 1010. The molecule has 2 fully saturated rings. The Morgan fingerprint density at radius 1 is 0.976 bits per heavy atom. The van der Waals surface area contributed by atoms with Gasteiger partial charge in [0.15, 0.2) is 0 Å². The maximum atomic E-state index is 14.4. The normalized spacial score (nSPS) is 16.6. The first-order valence-corrected chi connectivity index (χ1v) is 15.8. The van der Waals surface area contributed by atoms with E-state index in [2.05, 4.69) is 35.9 Å². The van der Waals surface area contributed by atoms with Gasteiger partial charge in [-0.25, -0.2) is 8.78 Å². The fraction of sp³-hybridized carbons (Fsp3) is 0.594. The number of hydrogen-bond acceptors (Lipinski definition) is 6. The van der Waals surface area contributed by atoms with Gasteiger partial charge in [-0.15, -0.1) is 0 Å². The maximum Gasteiger partial charge on any atom is 0.281 e. The number of benzene rings is 2. The Morgan fingerprint density at radius 2 is 1.59 bits per heavy atom. The molecule has 1 aliphatic carbocycles. The first-order valence-electron chi connectivity index (χ1n) is 15.0. The Hall–Kier alpha value is -2.36. The summed E-state index contributed by atoms with van der Waals surface area (Å²) in [5.74, 6) is -1.36. The molecule has 2 aromatic carbocycles. The second-order valence-electron chi connectivity index (χ2n) is 10.9. The first-order chi connectivity index (χ1) is 19.8. The van der Waals surface area contributed by atoms with E-state index >= 15 is 0 Å². The van der Waals surface area contributed by atoms with Gasteiger partial charge in [0.05, 0.1) is 19.6 Å². The Morgan fingerprint density at radius 3 is 2.20 bits per heavy atom. The summed E-state index contributed by atoms with van der Waals surface area (Å²) in [5, 5.41) is 0. The summed E-state index contributed by atoms with van der Waals surface area (Å²) in [6.45, 7) is 4.43. The number of nitrogens with two attached hydrogens (primary N) is 1. The number of unbranched alkanes of at least 4 members (excludes halogenated alkanes) is 1. The number of amides is 1. The van der Waals surface area contributed by atoms with Gasteiger partial charge in [0.1, 0.15) is 11.5 Å². The maximum absolute atomic E-state index is 14.4. The molecular weight excluding hydrogens is 544 g/mol. The van der Waals surface area contributed by atoms with Gasteiger partial charge >= 0.3 is 0 Å². The van der Waals surface area contributed by atoms with Crippen LogP contribution in [-0.4, -0.2) is 50.2 Å². The van der Waals surface area contributed by atoms with E-state index in [0.29, 0.717) is 38.3 Å². The van der Waals surface area contributed by atoms with Crippen molar-refractivity contribution in [3.8, 4) is 11.5 Å². The number of piperidine rings is 1. The minimum atomic E-state index is -3.18. The quantitative estimate of drug-likeness (QED) is 0.201. The van der Waals surface area contributed by atoms with Crippen LogP contribution in [0.4, 0.5) is 8.78 Å². The van der Waals surface area contributed by atoms with E-state index in [1.54, 1.807) is 11.9 Å². The molecule has 1 saturated carbocycles. The van der Waals surface area contributed by atoms with Gasteiger partial charge in [0, 0.05) is 29.6 Å². The smallest absolute Gasteiger partial charge is 0.281 e. The van der Waals surface area contributed by atoms with Gasteiger partial charge in [-0.2, -0.15) is 0 Å². The highest BCUT2D eigenvalue weighted by molar-refractivity contribution is 7.97. The van der Waals surface area contributed by atoms with Crippen LogP contribution in [0.25, 0.3) is 0 Å². The third-order valence-electron chi connectivity index (χ3n) is 7.56. The molecule has 0 bridgehead atoms. The fourth-order valence-corrected chi connectivity index (χ4v) is 5.48. The molecule has 228 valence electrons. The molecule has 0 radical (unpaired) electrons. The van der Waals surface area contributed by atoms with Crippen LogP contribution in [0, 0.1) is 5.92 Å². The molecule has 0 unspecified atom stereocenters. The van der Waals surface area contributed by atoms with Gasteiger partial charge in [0.2, 0.25) is 5.91 Å². The number of likely N-dealkylation sites (tertiary alicyclic amines) is 1. The fourth-order valence-electron chi connectivity index (χ4n) is 4.97. The van der Waals surface area contributed by atoms with Gasteiger partial charge in [-0.3, -0.25) is 9.52 Å². The molecule has 0 atom stereocenters. The SMILES string of the molecule is CCCCOc1ccc(C(F)(F)CC(=O)N2CCC(N)CC2)cc1.CNSc1ccc(OCC2CCCCC2)cc1. The van der Waals surface area contributed by atoms with Gasteiger partial charge < -0.3 is 20.1 Å². The van der Waals surface area contributed by atoms with Crippen molar-refractivity contribution in [2.75, 3.05) is 33.4 Å². The second-order valence-corrected chi connectivity index (χ2v) is 12.0. The molecule has 6 nitrogen and oxygen atoms in total. The number of hydrogen-bond donors (Lipinski definition) is 2. The van der Waals surface area contributed by atoms with Crippen molar-refractivity contribution in [1.82, 2.24) is 9.62 Å². The molecule has 2 aromatic rings. The molecule has 3 N–H and O–H groups in total. The topological polar surface area (TPSA) is 76.8 Å². The molecule has 4 rings (SSSR count). The van der Waals surface area contributed by atoms with E-state index < -0.39 is 18.3 Å². The standard InChI is InChI=1S/C18H26F2N2O2.C14H21NOS/c1-2-3-12-24-16-6-4-14(5-7-16)18(19,20)13-17(23)22-10-8-15(21)9-11-22;1-15-17-14-9-7-13(8-10-14)16-11-12-5-3-2-4-6-12/h4-7,15H,2-3,8-13,21H2,1H3;7-10,12,15H,2-6,11H2,1H3. The van der Waals surface area contributed by atoms with Crippen LogP contribution >= 0.6 is 11.9 Å². The number of carbonyl (C=O) groups excluding carboxylic acids is 1. The van der Waals surface area contributed by atoms with Crippen LogP contribution in [0.15, 0.2) is 53.4 Å². The minimum Gasteiger partial charge on any atom is -0.494 e. The lowest BCUT2D eigenvalue weighted by molar-refractivity contribution is -0.140. The minimum absolute atomic E-state index is 0.0646.